The van der Waals surface area contributed by atoms with E-state index < -0.39 is 5.82 Å². The van der Waals surface area contributed by atoms with Gasteiger partial charge in [0.2, 0.25) is 11.8 Å². The molecule has 2 aromatic carbocycles. The summed E-state index contributed by atoms with van der Waals surface area (Å²) in [5.41, 5.74) is 2.30. The molecule has 0 saturated heterocycles. The Labute approximate surface area is 164 Å². The van der Waals surface area contributed by atoms with Crippen molar-refractivity contribution in [2.75, 3.05) is 36.9 Å². The lowest BCUT2D eigenvalue weighted by atomic mass is 10.2. The van der Waals surface area contributed by atoms with E-state index in [1.807, 2.05) is 37.3 Å². The van der Waals surface area contributed by atoms with E-state index in [1.54, 1.807) is 11.9 Å². The van der Waals surface area contributed by atoms with Crippen LogP contribution in [0.15, 0.2) is 48.5 Å². The van der Waals surface area contributed by atoms with Crippen molar-refractivity contribution in [2.45, 2.75) is 13.3 Å². The van der Waals surface area contributed by atoms with Crippen LogP contribution in [0, 0.1) is 24.1 Å². The first-order chi connectivity index (χ1) is 13.4. The standard InChI is InChI=1S/C21H23FN4O2/c1-16-4-8-18(9-5-16)24-20(27)14-25(2)15-21(28)26(13-3-12-23)19-10-6-17(22)7-11-19/h4-11H,3,13-15H2,1-2H3,(H,24,27). The molecule has 0 saturated carbocycles. The Kier molecular flexibility index (Phi) is 7.66. The first-order valence-electron chi connectivity index (χ1n) is 8.87. The molecule has 0 unspecified atom stereocenters. The first kappa shape index (κ1) is 21.1. The van der Waals surface area contributed by atoms with E-state index in [1.165, 1.54) is 29.2 Å². The summed E-state index contributed by atoms with van der Waals surface area (Å²) in [4.78, 5) is 27.9. The van der Waals surface area contributed by atoms with Crippen molar-refractivity contribution in [3.05, 3.63) is 59.9 Å². The van der Waals surface area contributed by atoms with Crippen molar-refractivity contribution in [2.24, 2.45) is 0 Å². The fraction of sp³-hybridized carbons (Fsp3) is 0.286. The van der Waals surface area contributed by atoms with Crippen molar-refractivity contribution >= 4 is 23.2 Å². The number of anilines is 2. The highest BCUT2D eigenvalue weighted by atomic mass is 19.1. The zero-order chi connectivity index (χ0) is 20.5. The number of aryl methyl sites for hydroxylation is 1. The van der Waals surface area contributed by atoms with Gasteiger partial charge in [-0.2, -0.15) is 5.26 Å². The fourth-order valence-corrected chi connectivity index (χ4v) is 2.64. The molecular weight excluding hydrogens is 359 g/mol. The van der Waals surface area contributed by atoms with E-state index in [2.05, 4.69) is 5.32 Å². The fourth-order valence-electron chi connectivity index (χ4n) is 2.64. The van der Waals surface area contributed by atoms with Crippen LogP contribution in [-0.4, -0.2) is 43.4 Å². The van der Waals surface area contributed by atoms with E-state index in [9.17, 15) is 14.0 Å². The number of carbonyl (C=O) groups is 2. The molecule has 0 bridgehead atoms. The molecule has 28 heavy (non-hydrogen) atoms. The Hall–Kier alpha value is -3.24. The molecule has 0 aliphatic rings. The normalized spacial score (nSPS) is 10.4. The topological polar surface area (TPSA) is 76.4 Å². The van der Waals surface area contributed by atoms with Gasteiger partial charge in [-0.05, 0) is 50.4 Å². The van der Waals surface area contributed by atoms with Gasteiger partial charge in [-0.3, -0.25) is 14.5 Å². The highest BCUT2D eigenvalue weighted by molar-refractivity contribution is 5.96. The lowest BCUT2D eigenvalue weighted by Crippen LogP contribution is -2.42. The van der Waals surface area contributed by atoms with Crippen molar-refractivity contribution in [1.29, 1.82) is 5.26 Å². The van der Waals surface area contributed by atoms with Crippen LogP contribution in [0.25, 0.3) is 0 Å². The van der Waals surface area contributed by atoms with Gasteiger partial charge in [-0.25, -0.2) is 4.39 Å². The number of nitriles is 1. The summed E-state index contributed by atoms with van der Waals surface area (Å²) in [6.45, 7) is 2.19. The average molecular weight is 382 g/mol. The maximum Gasteiger partial charge on any atom is 0.241 e. The predicted octanol–water partition coefficient (Wildman–Crippen LogP) is 2.95. The SMILES string of the molecule is Cc1ccc(NC(=O)CN(C)CC(=O)N(CCC#N)c2ccc(F)cc2)cc1. The van der Waals surface area contributed by atoms with Gasteiger partial charge in [-0.15, -0.1) is 0 Å². The van der Waals surface area contributed by atoms with Gasteiger partial charge >= 0.3 is 0 Å². The van der Waals surface area contributed by atoms with Gasteiger partial charge in [0.1, 0.15) is 5.82 Å². The molecule has 0 atom stereocenters. The van der Waals surface area contributed by atoms with Gasteiger partial charge < -0.3 is 10.2 Å². The first-order valence-corrected chi connectivity index (χ1v) is 8.87. The number of nitrogens with zero attached hydrogens (tertiary/aromatic N) is 3. The average Bonchev–Trinajstić information content (AvgIpc) is 2.65. The van der Waals surface area contributed by atoms with Crippen LogP contribution in [0.3, 0.4) is 0 Å². The number of hydrogen-bond donors (Lipinski definition) is 1. The third-order valence-electron chi connectivity index (χ3n) is 4.04. The summed E-state index contributed by atoms with van der Waals surface area (Å²) < 4.78 is 13.1. The predicted molar refractivity (Wildman–Crippen MR) is 106 cm³/mol. The summed E-state index contributed by atoms with van der Waals surface area (Å²) in [5, 5.41) is 11.6. The molecule has 2 amide bonds. The number of amides is 2. The second-order valence-corrected chi connectivity index (χ2v) is 6.52. The van der Waals surface area contributed by atoms with Gasteiger partial charge in [0.05, 0.1) is 25.6 Å². The van der Waals surface area contributed by atoms with Crippen molar-refractivity contribution in [3.8, 4) is 6.07 Å². The van der Waals surface area contributed by atoms with Crippen LogP contribution in [-0.2, 0) is 9.59 Å². The molecular formula is C21H23FN4O2. The zero-order valence-electron chi connectivity index (χ0n) is 16.0. The molecule has 6 nitrogen and oxygen atoms in total. The number of likely N-dealkylation sites (N-methyl/N-ethyl adjacent to an activating group) is 1. The van der Waals surface area contributed by atoms with Crippen LogP contribution in [0.2, 0.25) is 0 Å². The number of benzene rings is 2. The Bertz CT molecular complexity index is 844. The number of hydrogen-bond acceptors (Lipinski definition) is 4. The summed E-state index contributed by atoms with van der Waals surface area (Å²) in [6.07, 6.45) is 0.154. The molecule has 0 aliphatic carbocycles. The number of carbonyl (C=O) groups excluding carboxylic acids is 2. The second-order valence-electron chi connectivity index (χ2n) is 6.52. The number of halogens is 1. The van der Waals surface area contributed by atoms with E-state index in [0.29, 0.717) is 11.4 Å². The molecule has 0 aliphatic heterocycles. The second kappa shape index (κ2) is 10.2. The molecule has 0 radical (unpaired) electrons. The van der Waals surface area contributed by atoms with Crippen LogP contribution >= 0.6 is 0 Å². The van der Waals surface area contributed by atoms with E-state index >= 15 is 0 Å². The highest BCUT2D eigenvalue weighted by Gasteiger charge is 2.18. The minimum Gasteiger partial charge on any atom is -0.325 e. The third-order valence-corrected chi connectivity index (χ3v) is 4.04. The smallest absolute Gasteiger partial charge is 0.241 e. The minimum atomic E-state index is -0.402. The lowest BCUT2D eigenvalue weighted by Gasteiger charge is -2.25. The van der Waals surface area contributed by atoms with Crippen LogP contribution in [0.5, 0.6) is 0 Å². The monoisotopic (exact) mass is 382 g/mol. The molecule has 0 spiro atoms. The van der Waals surface area contributed by atoms with Crippen LogP contribution in [0.4, 0.5) is 15.8 Å². The Balaban J connectivity index is 1.95. The molecule has 2 aromatic rings. The van der Waals surface area contributed by atoms with Crippen LogP contribution < -0.4 is 10.2 Å². The summed E-state index contributed by atoms with van der Waals surface area (Å²) >= 11 is 0. The summed E-state index contributed by atoms with van der Waals surface area (Å²) in [5.74, 6) is -0.904. The largest absolute Gasteiger partial charge is 0.325 e. The quantitative estimate of drug-likeness (QED) is 0.762. The zero-order valence-corrected chi connectivity index (χ0v) is 16.0. The van der Waals surface area contributed by atoms with Gasteiger partial charge in [0.15, 0.2) is 0 Å². The third kappa shape index (κ3) is 6.49. The lowest BCUT2D eigenvalue weighted by molar-refractivity contribution is -0.121. The van der Waals surface area contributed by atoms with Gasteiger partial charge in [-0.1, -0.05) is 17.7 Å². The van der Waals surface area contributed by atoms with Crippen LogP contribution in [0.1, 0.15) is 12.0 Å². The van der Waals surface area contributed by atoms with Gasteiger partial charge in [0, 0.05) is 17.9 Å². The molecule has 7 heteroatoms. The van der Waals surface area contributed by atoms with Crippen molar-refractivity contribution in [1.82, 2.24) is 4.90 Å². The Morgan fingerprint density at radius 1 is 1.07 bits per heavy atom. The van der Waals surface area contributed by atoms with E-state index in [-0.39, 0.29) is 37.9 Å². The highest BCUT2D eigenvalue weighted by Crippen LogP contribution is 2.16. The maximum absolute atomic E-state index is 13.1. The minimum absolute atomic E-state index is 0.00980. The summed E-state index contributed by atoms with van der Waals surface area (Å²) in [6, 6.07) is 15.0. The Morgan fingerprint density at radius 2 is 1.71 bits per heavy atom. The molecule has 0 aromatic heterocycles. The summed E-state index contributed by atoms with van der Waals surface area (Å²) in [7, 11) is 1.67. The maximum atomic E-state index is 13.1. The van der Waals surface area contributed by atoms with Crippen molar-refractivity contribution < 1.29 is 14.0 Å². The number of rotatable bonds is 8. The van der Waals surface area contributed by atoms with Gasteiger partial charge in [0.25, 0.3) is 0 Å². The molecule has 1 N–H and O–H groups in total. The Morgan fingerprint density at radius 3 is 2.32 bits per heavy atom. The van der Waals surface area contributed by atoms with E-state index in [4.69, 9.17) is 5.26 Å². The molecule has 146 valence electrons. The van der Waals surface area contributed by atoms with E-state index in [0.717, 1.165) is 5.56 Å². The number of nitrogens with one attached hydrogen (secondary N) is 1. The molecule has 2 rings (SSSR count). The molecule has 0 fully saturated rings. The molecule has 0 heterocycles. The van der Waals surface area contributed by atoms with Crippen molar-refractivity contribution in [3.63, 3.8) is 0 Å².